The molecule has 9 heteroatoms. The summed E-state index contributed by atoms with van der Waals surface area (Å²) < 4.78 is 64.7. The van der Waals surface area contributed by atoms with Gasteiger partial charge < -0.3 is 5.32 Å². The number of ketones is 1. The second-order valence-electron chi connectivity index (χ2n) is 4.37. The molecule has 0 spiro atoms. The molecule has 20 heavy (non-hydrogen) atoms. The van der Waals surface area contributed by atoms with Gasteiger partial charge in [-0.1, -0.05) is 19.4 Å². The number of anilines is 1. The summed E-state index contributed by atoms with van der Waals surface area (Å²) in [6.07, 6.45) is 0. The van der Waals surface area contributed by atoms with Gasteiger partial charge in [0, 0.05) is 12.5 Å². The predicted octanol–water partition coefficient (Wildman–Crippen LogP) is 4.81. The van der Waals surface area contributed by atoms with E-state index in [1.165, 1.54) is 0 Å². The van der Waals surface area contributed by atoms with Crippen molar-refractivity contribution in [1.29, 1.82) is 0 Å². The SMILES string of the molecule is CC(=O)Nc1cc(C(C)=O)c(C)cc1S(F)(F)(F)(F)F. The Morgan fingerprint density at radius 3 is 1.90 bits per heavy atom. The Kier molecular flexibility index (Phi) is 3.23. The second-order valence-corrected chi connectivity index (χ2v) is 6.75. The highest BCUT2D eigenvalue weighted by atomic mass is 32.5. The van der Waals surface area contributed by atoms with Crippen LogP contribution in [0.1, 0.15) is 29.8 Å². The number of rotatable bonds is 3. The largest absolute Gasteiger partial charge is 0.325 e. The summed E-state index contributed by atoms with van der Waals surface area (Å²) in [4.78, 5) is 19.9. The van der Waals surface area contributed by atoms with E-state index in [-0.39, 0.29) is 17.2 Å². The number of nitrogens with one attached hydrogen (secondary N) is 1. The van der Waals surface area contributed by atoms with Crippen molar-refractivity contribution in [2.45, 2.75) is 25.7 Å². The first-order chi connectivity index (χ1) is 8.61. The van der Waals surface area contributed by atoms with Gasteiger partial charge >= 0.3 is 10.2 Å². The minimum Gasteiger partial charge on any atom is -0.325 e. The van der Waals surface area contributed by atoms with Crippen molar-refractivity contribution < 1.29 is 29.0 Å². The molecule has 114 valence electrons. The molecule has 1 rings (SSSR count). The standard InChI is InChI=1S/C11H12F5NO2S/c1-6-4-11(20(12,13,14,15)16)10(17-8(3)19)5-9(6)7(2)18/h4-5H,1-3H3,(H,17,19). The van der Waals surface area contributed by atoms with Crippen molar-refractivity contribution >= 4 is 27.6 Å². The van der Waals surface area contributed by atoms with E-state index in [0.29, 0.717) is 6.07 Å². The number of carbonyl (C=O) groups excluding carboxylic acids is 2. The van der Waals surface area contributed by atoms with Gasteiger partial charge in [-0.15, -0.1) is 0 Å². The number of aryl methyl sites for hydroxylation is 1. The van der Waals surface area contributed by atoms with Gasteiger partial charge in [-0.05, 0) is 31.5 Å². The van der Waals surface area contributed by atoms with Crippen LogP contribution in [0.25, 0.3) is 0 Å². The van der Waals surface area contributed by atoms with E-state index in [2.05, 4.69) is 0 Å². The highest BCUT2D eigenvalue weighted by molar-refractivity contribution is 8.45. The fraction of sp³-hybridized carbons (Fsp3) is 0.273. The number of amides is 1. The Morgan fingerprint density at radius 2 is 1.55 bits per heavy atom. The summed E-state index contributed by atoms with van der Waals surface area (Å²) in [6.45, 7) is 3.07. The molecule has 0 unspecified atom stereocenters. The van der Waals surface area contributed by atoms with Crippen LogP contribution < -0.4 is 5.32 Å². The van der Waals surface area contributed by atoms with Crippen LogP contribution in [-0.2, 0) is 4.79 Å². The first kappa shape index (κ1) is 16.4. The molecule has 0 aliphatic heterocycles. The molecule has 1 aromatic carbocycles. The number of hydrogen-bond donors (Lipinski definition) is 1. The molecule has 0 heterocycles. The summed E-state index contributed by atoms with van der Waals surface area (Å²) in [5.41, 5.74) is -1.53. The lowest BCUT2D eigenvalue weighted by molar-refractivity contribution is -0.114. The van der Waals surface area contributed by atoms with E-state index in [1.54, 1.807) is 5.32 Å². The van der Waals surface area contributed by atoms with E-state index in [9.17, 15) is 29.0 Å². The quantitative estimate of drug-likeness (QED) is 0.642. The lowest BCUT2D eigenvalue weighted by atomic mass is 10.0. The normalized spacial score (nSPS) is 15.2. The Balaban J connectivity index is 3.73. The first-order valence-electron chi connectivity index (χ1n) is 5.29. The third-order valence-electron chi connectivity index (χ3n) is 2.43. The first-order valence-corrected chi connectivity index (χ1v) is 7.24. The molecule has 0 bridgehead atoms. The van der Waals surface area contributed by atoms with Crippen LogP contribution in [0.5, 0.6) is 0 Å². The van der Waals surface area contributed by atoms with Crippen molar-refractivity contribution in [2.75, 3.05) is 5.32 Å². The van der Waals surface area contributed by atoms with Crippen molar-refractivity contribution in [2.24, 2.45) is 0 Å². The van der Waals surface area contributed by atoms with Gasteiger partial charge in [0.25, 0.3) is 0 Å². The fourth-order valence-corrected chi connectivity index (χ4v) is 2.59. The molecule has 0 fully saturated rings. The molecule has 1 aromatic rings. The van der Waals surface area contributed by atoms with Crippen LogP contribution >= 0.6 is 10.2 Å². The lowest BCUT2D eigenvalue weighted by Crippen LogP contribution is -2.15. The molecular weight excluding hydrogens is 305 g/mol. The highest BCUT2D eigenvalue weighted by Gasteiger charge is 2.66. The number of carbonyl (C=O) groups is 2. The zero-order valence-electron chi connectivity index (χ0n) is 10.8. The Labute approximate surface area is 111 Å². The summed E-state index contributed by atoms with van der Waals surface area (Å²) in [5.74, 6) is -1.55. The Hall–Kier alpha value is -1.64. The Bertz CT molecular complexity index is 609. The molecule has 1 N–H and O–H groups in total. The minimum absolute atomic E-state index is 0.167. The fourth-order valence-electron chi connectivity index (χ4n) is 1.67. The van der Waals surface area contributed by atoms with Crippen LogP contribution in [-0.4, -0.2) is 11.7 Å². The lowest BCUT2D eigenvalue weighted by Gasteiger charge is -2.41. The zero-order chi connectivity index (χ0) is 16.0. The van der Waals surface area contributed by atoms with Gasteiger partial charge in [0.05, 0.1) is 5.69 Å². The van der Waals surface area contributed by atoms with Crippen LogP contribution in [0.15, 0.2) is 17.0 Å². The van der Waals surface area contributed by atoms with Crippen LogP contribution in [0.3, 0.4) is 0 Å². The van der Waals surface area contributed by atoms with Gasteiger partial charge in [-0.3, -0.25) is 9.59 Å². The van der Waals surface area contributed by atoms with Crippen LogP contribution in [0, 0.1) is 6.92 Å². The average Bonchev–Trinajstić information content (AvgIpc) is 2.15. The molecule has 3 nitrogen and oxygen atoms in total. The third-order valence-corrected chi connectivity index (χ3v) is 3.60. The van der Waals surface area contributed by atoms with Gasteiger partial charge in [-0.25, -0.2) is 0 Å². The van der Waals surface area contributed by atoms with Crippen molar-refractivity contribution in [3.05, 3.63) is 23.3 Å². The maximum absolute atomic E-state index is 12.9. The van der Waals surface area contributed by atoms with Crippen LogP contribution in [0.2, 0.25) is 0 Å². The molecule has 0 saturated carbocycles. The zero-order valence-corrected chi connectivity index (χ0v) is 11.6. The van der Waals surface area contributed by atoms with E-state index in [4.69, 9.17) is 0 Å². The van der Waals surface area contributed by atoms with Gasteiger partial charge in [-0.2, -0.15) is 0 Å². The molecule has 0 aromatic heterocycles. The molecule has 0 radical (unpaired) electrons. The van der Waals surface area contributed by atoms with Crippen molar-refractivity contribution in [3.8, 4) is 0 Å². The third kappa shape index (κ3) is 3.69. The van der Waals surface area contributed by atoms with Gasteiger partial charge in [0.2, 0.25) is 5.91 Å². The van der Waals surface area contributed by atoms with E-state index < -0.39 is 32.5 Å². The predicted molar refractivity (Wildman–Crippen MR) is 66.9 cm³/mol. The summed E-state index contributed by atoms with van der Waals surface area (Å²) in [5, 5.41) is 1.69. The highest BCUT2D eigenvalue weighted by Crippen LogP contribution is 3.02. The number of Topliss-reactive ketones (excluding diaryl/α,β-unsaturated/α-hetero) is 1. The topological polar surface area (TPSA) is 46.2 Å². The summed E-state index contributed by atoms with van der Waals surface area (Å²) in [6, 6.07) is 0.801. The van der Waals surface area contributed by atoms with Gasteiger partial charge in [0.1, 0.15) is 4.90 Å². The van der Waals surface area contributed by atoms with Gasteiger partial charge in [0.15, 0.2) is 5.78 Å². The molecule has 0 atom stereocenters. The molecule has 0 aliphatic carbocycles. The summed E-state index contributed by atoms with van der Waals surface area (Å²) in [7, 11) is -9.98. The van der Waals surface area contributed by atoms with E-state index >= 15 is 0 Å². The van der Waals surface area contributed by atoms with Crippen LogP contribution in [0.4, 0.5) is 25.1 Å². The maximum Gasteiger partial charge on any atom is 0.312 e. The number of halogens is 5. The van der Waals surface area contributed by atoms with Crippen molar-refractivity contribution in [1.82, 2.24) is 0 Å². The van der Waals surface area contributed by atoms with E-state index in [0.717, 1.165) is 20.8 Å². The monoisotopic (exact) mass is 317 g/mol. The maximum atomic E-state index is 12.9. The molecule has 0 aliphatic rings. The molecule has 0 saturated heterocycles. The number of benzene rings is 1. The summed E-state index contributed by atoms with van der Waals surface area (Å²) >= 11 is 0. The molecular formula is C11H12F5NO2S. The van der Waals surface area contributed by atoms with E-state index in [1.807, 2.05) is 0 Å². The Morgan fingerprint density at radius 1 is 1.05 bits per heavy atom. The second kappa shape index (κ2) is 3.94. The van der Waals surface area contributed by atoms with Crippen molar-refractivity contribution in [3.63, 3.8) is 0 Å². The average molecular weight is 317 g/mol. The molecule has 1 amide bonds. The number of hydrogen-bond acceptors (Lipinski definition) is 2. The minimum atomic E-state index is -9.98. The smallest absolute Gasteiger partial charge is 0.312 e.